The van der Waals surface area contributed by atoms with Gasteiger partial charge in [-0.25, -0.2) is 0 Å². The number of hydrogen-bond acceptors (Lipinski definition) is 3. The molecular formula is C15H18ClN3OS. The van der Waals surface area contributed by atoms with Crippen molar-refractivity contribution in [1.82, 2.24) is 9.78 Å². The molecule has 0 saturated heterocycles. The van der Waals surface area contributed by atoms with Gasteiger partial charge in [-0.2, -0.15) is 5.10 Å². The lowest BCUT2D eigenvalue weighted by atomic mass is 10.2. The molecule has 2 aromatic rings. The van der Waals surface area contributed by atoms with E-state index in [0.717, 1.165) is 40.7 Å². The molecule has 0 bridgehead atoms. The maximum absolute atomic E-state index is 6.12. The molecule has 0 amide bonds. The third-order valence-electron chi connectivity index (χ3n) is 3.22. The summed E-state index contributed by atoms with van der Waals surface area (Å²) in [5.74, 6) is 0.719. The van der Waals surface area contributed by atoms with Gasteiger partial charge in [0.25, 0.3) is 0 Å². The Morgan fingerprint density at radius 1 is 1.38 bits per heavy atom. The molecule has 1 heterocycles. The first kappa shape index (κ1) is 15.8. The molecule has 4 nitrogen and oxygen atoms in total. The maximum atomic E-state index is 6.12. The summed E-state index contributed by atoms with van der Waals surface area (Å²) in [6.07, 6.45) is 0.823. The van der Waals surface area contributed by atoms with Crippen molar-refractivity contribution in [2.45, 2.75) is 26.8 Å². The fraction of sp³-hybridized carbons (Fsp3) is 0.333. The highest BCUT2D eigenvalue weighted by Crippen LogP contribution is 2.20. The van der Waals surface area contributed by atoms with E-state index < -0.39 is 0 Å². The number of benzene rings is 1. The summed E-state index contributed by atoms with van der Waals surface area (Å²) in [5, 5.41) is 5.12. The van der Waals surface area contributed by atoms with Gasteiger partial charge in [0.05, 0.1) is 28.6 Å². The normalized spacial score (nSPS) is 10.6. The minimum Gasteiger partial charge on any atom is -0.493 e. The second-order valence-corrected chi connectivity index (χ2v) is 5.59. The van der Waals surface area contributed by atoms with Crippen LogP contribution in [-0.4, -0.2) is 21.4 Å². The van der Waals surface area contributed by atoms with E-state index in [0.29, 0.717) is 11.6 Å². The zero-order valence-corrected chi connectivity index (χ0v) is 13.7. The Kier molecular flexibility index (Phi) is 5.20. The number of aryl methyl sites for hydroxylation is 2. The Labute approximate surface area is 134 Å². The van der Waals surface area contributed by atoms with Gasteiger partial charge in [-0.15, -0.1) is 0 Å². The molecule has 0 spiro atoms. The first-order valence-corrected chi connectivity index (χ1v) is 7.50. The van der Waals surface area contributed by atoms with Crippen LogP contribution < -0.4 is 10.5 Å². The summed E-state index contributed by atoms with van der Waals surface area (Å²) in [6, 6.07) is 7.52. The Morgan fingerprint density at radius 3 is 2.71 bits per heavy atom. The molecule has 0 unspecified atom stereocenters. The van der Waals surface area contributed by atoms with Crippen LogP contribution in [0.15, 0.2) is 24.3 Å². The zero-order valence-electron chi connectivity index (χ0n) is 12.1. The second-order valence-electron chi connectivity index (χ2n) is 4.77. The van der Waals surface area contributed by atoms with Crippen LogP contribution in [0.25, 0.3) is 0 Å². The molecule has 0 aliphatic heterocycles. The zero-order chi connectivity index (χ0) is 15.4. The lowest BCUT2D eigenvalue weighted by molar-refractivity contribution is 0.297. The Bertz CT molecular complexity index is 654. The lowest BCUT2D eigenvalue weighted by Crippen LogP contribution is -2.13. The molecular weight excluding hydrogens is 306 g/mol. The predicted molar refractivity (Wildman–Crippen MR) is 89.2 cm³/mol. The quantitative estimate of drug-likeness (QED) is 0.655. The molecule has 0 atom stereocenters. The molecule has 112 valence electrons. The number of hydrogen-bond donors (Lipinski definition) is 1. The number of rotatable bonds is 6. The van der Waals surface area contributed by atoms with Crippen LogP contribution in [0.3, 0.4) is 0 Å². The van der Waals surface area contributed by atoms with E-state index >= 15 is 0 Å². The Balaban J connectivity index is 1.91. The van der Waals surface area contributed by atoms with Gasteiger partial charge in [0.2, 0.25) is 0 Å². The number of halogens is 1. The molecule has 1 aromatic carbocycles. The van der Waals surface area contributed by atoms with E-state index in [2.05, 4.69) is 5.10 Å². The highest BCUT2D eigenvalue weighted by atomic mass is 35.5. The molecule has 0 radical (unpaired) electrons. The largest absolute Gasteiger partial charge is 0.493 e. The smallest absolute Gasteiger partial charge is 0.129 e. The Morgan fingerprint density at radius 2 is 2.10 bits per heavy atom. The van der Waals surface area contributed by atoms with Crippen LogP contribution in [0, 0.1) is 13.8 Å². The van der Waals surface area contributed by atoms with Crippen molar-refractivity contribution in [1.29, 1.82) is 0 Å². The maximum Gasteiger partial charge on any atom is 0.129 e. The average molecular weight is 324 g/mol. The van der Waals surface area contributed by atoms with Crippen molar-refractivity contribution in [2.75, 3.05) is 6.61 Å². The van der Waals surface area contributed by atoms with Crippen molar-refractivity contribution in [3.63, 3.8) is 0 Å². The van der Waals surface area contributed by atoms with Crippen molar-refractivity contribution in [3.8, 4) is 5.75 Å². The van der Waals surface area contributed by atoms with Gasteiger partial charge < -0.3 is 10.5 Å². The van der Waals surface area contributed by atoms with Gasteiger partial charge in [0.1, 0.15) is 10.7 Å². The van der Waals surface area contributed by atoms with Crippen molar-refractivity contribution in [2.24, 2.45) is 5.73 Å². The Hall–Kier alpha value is -1.59. The number of ether oxygens (including phenoxy) is 1. The SMILES string of the molecule is Cc1nn(CCCOc2ccccc2C(N)=S)c(C)c1Cl. The monoisotopic (exact) mass is 323 g/mol. The van der Waals surface area contributed by atoms with Crippen molar-refractivity contribution in [3.05, 3.63) is 46.2 Å². The molecule has 0 fully saturated rings. The molecule has 2 N–H and O–H groups in total. The van der Waals surface area contributed by atoms with Crippen LogP contribution >= 0.6 is 23.8 Å². The van der Waals surface area contributed by atoms with E-state index in [9.17, 15) is 0 Å². The molecule has 0 saturated carbocycles. The van der Waals surface area contributed by atoms with E-state index in [1.807, 2.05) is 42.8 Å². The third kappa shape index (κ3) is 3.74. The summed E-state index contributed by atoms with van der Waals surface area (Å²) in [5.41, 5.74) is 8.28. The van der Waals surface area contributed by atoms with Gasteiger partial charge in [0.15, 0.2) is 0 Å². The standard InChI is InChI=1S/C15H18ClN3OS/c1-10-14(16)11(2)19(18-10)8-5-9-20-13-7-4-3-6-12(13)15(17)21/h3-4,6-7H,5,8-9H2,1-2H3,(H2,17,21). The van der Waals surface area contributed by atoms with Crippen molar-refractivity contribution < 1.29 is 4.74 Å². The van der Waals surface area contributed by atoms with Crippen LogP contribution in [0.2, 0.25) is 5.02 Å². The van der Waals surface area contributed by atoms with Crippen molar-refractivity contribution >= 4 is 28.8 Å². The fourth-order valence-electron chi connectivity index (χ4n) is 2.09. The van der Waals surface area contributed by atoms with E-state index in [1.165, 1.54) is 0 Å². The molecule has 1 aromatic heterocycles. The summed E-state index contributed by atoms with van der Waals surface area (Å²) in [7, 11) is 0. The molecule has 6 heteroatoms. The highest BCUT2D eigenvalue weighted by Gasteiger charge is 2.09. The number of para-hydroxylation sites is 1. The summed E-state index contributed by atoms with van der Waals surface area (Å²) in [6.45, 7) is 5.19. The molecule has 21 heavy (non-hydrogen) atoms. The topological polar surface area (TPSA) is 53.1 Å². The first-order chi connectivity index (χ1) is 10.0. The average Bonchev–Trinajstić information content (AvgIpc) is 2.71. The molecule has 0 aliphatic rings. The minimum absolute atomic E-state index is 0.343. The fourth-order valence-corrected chi connectivity index (χ4v) is 2.39. The van der Waals surface area contributed by atoms with E-state index in [1.54, 1.807) is 0 Å². The van der Waals surface area contributed by atoms with Crippen LogP contribution in [0.4, 0.5) is 0 Å². The predicted octanol–water partition coefficient (Wildman–Crippen LogP) is 3.26. The number of nitrogens with zero attached hydrogens (tertiary/aromatic N) is 2. The number of thiocarbonyl (C=S) groups is 1. The highest BCUT2D eigenvalue weighted by molar-refractivity contribution is 7.80. The number of nitrogens with two attached hydrogens (primary N) is 1. The lowest BCUT2D eigenvalue weighted by Gasteiger charge is -2.10. The number of aromatic nitrogens is 2. The van der Waals surface area contributed by atoms with Gasteiger partial charge in [-0.1, -0.05) is 36.0 Å². The van der Waals surface area contributed by atoms with Crippen LogP contribution in [0.1, 0.15) is 23.4 Å². The van der Waals surface area contributed by atoms with E-state index in [-0.39, 0.29) is 0 Å². The summed E-state index contributed by atoms with van der Waals surface area (Å²) in [4.78, 5) is 0.343. The van der Waals surface area contributed by atoms with Gasteiger partial charge in [-0.3, -0.25) is 4.68 Å². The summed E-state index contributed by atoms with van der Waals surface area (Å²) >= 11 is 11.1. The van der Waals surface area contributed by atoms with Gasteiger partial charge >= 0.3 is 0 Å². The van der Waals surface area contributed by atoms with Crippen LogP contribution in [0.5, 0.6) is 5.75 Å². The van der Waals surface area contributed by atoms with Crippen LogP contribution in [-0.2, 0) is 6.54 Å². The van der Waals surface area contributed by atoms with Gasteiger partial charge in [0, 0.05) is 13.0 Å². The molecule has 2 rings (SSSR count). The summed E-state index contributed by atoms with van der Waals surface area (Å²) < 4.78 is 7.66. The minimum atomic E-state index is 0.343. The third-order valence-corrected chi connectivity index (χ3v) is 3.98. The molecule has 0 aliphatic carbocycles. The van der Waals surface area contributed by atoms with Gasteiger partial charge in [-0.05, 0) is 26.0 Å². The van der Waals surface area contributed by atoms with E-state index in [4.69, 9.17) is 34.3 Å². The second kappa shape index (κ2) is 6.91. The first-order valence-electron chi connectivity index (χ1n) is 6.72.